The van der Waals surface area contributed by atoms with Crippen LogP contribution in [0.5, 0.6) is 0 Å². The zero-order valence-corrected chi connectivity index (χ0v) is 14.8. The first-order valence-corrected chi connectivity index (χ1v) is 6.58. The molecule has 0 N–H and O–H groups in total. The first-order chi connectivity index (χ1) is 9.09. The van der Waals surface area contributed by atoms with E-state index in [2.05, 4.69) is 11.2 Å². The first kappa shape index (κ1) is 15.6. The summed E-state index contributed by atoms with van der Waals surface area (Å²) >= 11 is 0. The fourth-order valence-corrected chi connectivity index (χ4v) is 2.35. The molecule has 1 fully saturated rings. The van der Waals surface area contributed by atoms with Crippen LogP contribution in [0.25, 0.3) is 0 Å². The van der Waals surface area contributed by atoms with E-state index in [1.165, 1.54) is 0 Å². The van der Waals surface area contributed by atoms with Gasteiger partial charge in [-0.25, -0.2) is 0 Å². The van der Waals surface area contributed by atoms with E-state index in [0.717, 1.165) is 35.3 Å². The number of hydrogen-bond acceptors (Lipinski definition) is 3. The fourth-order valence-electron chi connectivity index (χ4n) is 2.35. The second-order valence-corrected chi connectivity index (χ2v) is 5.25. The molecule has 3 nitrogen and oxygen atoms in total. The topological polar surface area (TPSA) is 43.1 Å². The van der Waals surface area contributed by atoms with Crippen molar-refractivity contribution in [1.29, 1.82) is 0 Å². The van der Waals surface area contributed by atoms with Gasteiger partial charge in [0.1, 0.15) is 0 Å². The Labute approximate surface area is 144 Å². The fraction of sp³-hybridized carbons (Fsp3) is 0.375. The second kappa shape index (κ2) is 5.91. The summed E-state index contributed by atoms with van der Waals surface area (Å²) in [5, 5.41) is 3.97. The van der Waals surface area contributed by atoms with Crippen LogP contribution in [-0.4, -0.2) is 10.9 Å². The van der Waals surface area contributed by atoms with Gasteiger partial charge in [-0.2, -0.15) is 23.8 Å². The molecule has 0 bridgehead atoms. The minimum absolute atomic E-state index is 0. The maximum atomic E-state index is 12.7. The largest absolute Gasteiger partial charge is 0.360 e. The Morgan fingerprint density at radius 2 is 2.05 bits per heavy atom. The van der Waals surface area contributed by atoms with Gasteiger partial charge in [-0.1, -0.05) is 24.6 Å². The number of benzene rings is 1. The minimum atomic E-state index is 0. The molecule has 0 saturated heterocycles. The summed E-state index contributed by atoms with van der Waals surface area (Å²) in [6.07, 6.45) is 2.19. The molecular weight excluding hydrogens is 327 g/mol. The van der Waals surface area contributed by atoms with Crippen molar-refractivity contribution in [2.24, 2.45) is 0 Å². The number of nitrogens with zero attached hydrogens (tertiary/aromatic N) is 1. The van der Waals surface area contributed by atoms with E-state index in [0.29, 0.717) is 17.2 Å². The average molecular weight is 343 g/mol. The molecule has 1 radical (unpaired) electrons. The molecule has 4 heteroatoms. The van der Waals surface area contributed by atoms with Crippen LogP contribution in [0.2, 0.25) is 0 Å². The predicted molar refractivity (Wildman–Crippen MR) is 71.4 cm³/mol. The standard InChI is InChI=1S/C16H16NO2.Y/c1-9-5-4-6-13(10(9)2)15(18)14-11(3)17-19-16(14)12-7-8-12;/h4,6,12H,7-8H2,1-3H3;/q-1;. The summed E-state index contributed by atoms with van der Waals surface area (Å²) in [5.41, 5.74) is 4.07. The third kappa shape index (κ3) is 2.66. The molecule has 101 valence electrons. The van der Waals surface area contributed by atoms with Gasteiger partial charge in [-0.05, 0) is 19.8 Å². The van der Waals surface area contributed by atoms with Gasteiger partial charge in [0.05, 0.1) is 11.3 Å². The van der Waals surface area contributed by atoms with Gasteiger partial charge in [0.2, 0.25) is 0 Å². The van der Waals surface area contributed by atoms with E-state index in [-0.39, 0.29) is 38.5 Å². The smallest absolute Gasteiger partial charge is 0.174 e. The molecule has 0 aliphatic heterocycles. The molecule has 0 amide bonds. The predicted octanol–water partition coefficient (Wildman–Crippen LogP) is 3.51. The van der Waals surface area contributed by atoms with Crippen LogP contribution in [-0.2, 0) is 32.7 Å². The number of carbonyl (C=O) groups excluding carboxylic acids is 1. The number of hydrogen-bond donors (Lipinski definition) is 0. The Bertz CT molecular complexity index is 656. The third-order valence-electron chi connectivity index (χ3n) is 3.83. The molecule has 1 aliphatic carbocycles. The first-order valence-electron chi connectivity index (χ1n) is 6.58. The summed E-state index contributed by atoms with van der Waals surface area (Å²) in [4.78, 5) is 12.7. The molecule has 0 atom stereocenters. The molecule has 1 aliphatic rings. The van der Waals surface area contributed by atoms with Crippen molar-refractivity contribution in [1.82, 2.24) is 5.16 Å². The van der Waals surface area contributed by atoms with Crippen molar-refractivity contribution in [3.05, 3.63) is 51.9 Å². The van der Waals surface area contributed by atoms with Crippen molar-refractivity contribution in [3.63, 3.8) is 0 Å². The van der Waals surface area contributed by atoms with Gasteiger partial charge in [0, 0.05) is 38.6 Å². The minimum Gasteiger partial charge on any atom is -0.360 e. The van der Waals surface area contributed by atoms with Crippen LogP contribution in [0.4, 0.5) is 0 Å². The Balaban J connectivity index is 0.00000147. The molecule has 1 aromatic heterocycles. The molecule has 1 heterocycles. The number of aryl methyl sites for hydroxylation is 2. The van der Waals surface area contributed by atoms with Crippen molar-refractivity contribution in [2.45, 2.75) is 39.5 Å². The normalized spacial score (nSPS) is 13.9. The summed E-state index contributed by atoms with van der Waals surface area (Å²) < 4.78 is 5.35. The van der Waals surface area contributed by atoms with Crippen LogP contribution < -0.4 is 0 Å². The van der Waals surface area contributed by atoms with E-state index in [1.54, 1.807) is 6.07 Å². The van der Waals surface area contributed by atoms with E-state index < -0.39 is 0 Å². The summed E-state index contributed by atoms with van der Waals surface area (Å²) in [5.74, 6) is 1.18. The zero-order valence-electron chi connectivity index (χ0n) is 12.0. The Morgan fingerprint density at radius 1 is 1.35 bits per heavy atom. The maximum Gasteiger partial charge on any atom is 0.174 e. The molecule has 1 aromatic carbocycles. The van der Waals surface area contributed by atoms with Gasteiger partial charge in [0.25, 0.3) is 0 Å². The maximum absolute atomic E-state index is 12.7. The van der Waals surface area contributed by atoms with Crippen LogP contribution in [0.3, 0.4) is 0 Å². The molecule has 0 unspecified atom stereocenters. The van der Waals surface area contributed by atoms with Crippen LogP contribution in [0.1, 0.15) is 57.3 Å². The molecule has 0 spiro atoms. The molecule has 20 heavy (non-hydrogen) atoms. The Hall–Kier alpha value is -0.796. The summed E-state index contributed by atoms with van der Waals surface area (Å²) in [7, 11) is 0. The molecular formula is C16H16NO2Y-. The van der Waals surface area contributed by atoms with Crippen molar-refractivity contribution in [2.75, 3.05) is 0 Å². The van der Waals surface area contributed by atoms with E-state index in [1.807, 2.05) is 26.8 Å². The summed E-state index contributed by atoms with van der Waals surface area (Å²) in [6.45, 7) is 5.76. The molecule has 2 aromatic rings. The van der Waals surface area contributed by atoms with Gasteiger partial charge in [0.15, 0.2) is 11.5 Å². The van der Waals surface area contributed by atoms with E-state index in [4.69, 9.17) is 4.52 Å². The van der Waals surface area contributed by atoms with E-state index >= 15 is 0 Å². The summed E-state index contributed by atoms with van der Waals surface area (Å²) in [6, 6.07) is 6.74. The monoisotopic (exact) mass is 343 g/mol. The number of rotatable bonds is 3. The Kier molecular flexibility index (Phi) is 4.60. The molecule has 3 rings (SSSR count). The van der Waals surface area contributed by atoms with Gasteiger partial charge in [-0.15, -0.1) is 5.56 Å². The van der Waals surface area contributed by atoms with E-state index in [9.17, 15) is 4.79 Å². The van der Waals surface area contributed by atoms with Gasteiger partial charge in [-0.3, -0.25) is 4.79 Å². The Morgan fingerprint density at radius 3 is 2.70 bits per heavy atom. The molecule has 1 saturated carbocycles. The van der Waals surface area contributed by atoms with Gasteiger partial charge < -0.3 is 4.52 Å². The quantitative estimate of drug-likeness (QED) is 0.633. The van der Waals surface area contributed by atoms with Crippen LogP contribution in [0.15, 0.2) is 16.7 Å². The van der Waals surface area contributed by atoms with Crippen molar-refractivity contribution in [3.8, 4) is 0 Å². The average Bonchev–Trinajstić information content (AvgIpc) is 3.15. The zero-order chi connectivity index (χ0) is 13.6. The third-order valence-corrected chi connectivity index (χ3v) is 3.83. The van der Waals surface area contributed by atoms with Gasteiger partial charge >= 0.3 is 0 Å². The SMILES string of the molecule is Cc1[c-]ccc(C(=O)c2c(C)noc2C2CC2)c1C.[Y]. The van der Waals surface area contributed by atoms with Crippen molar-refractivity contribution < 1.29 is 42.0 Å². The van der Waals surface area contributed by atoms with Crippen molar-refractivity contribution >= 4 is 5.78 Å². The second-order valence-electron chi connectivity index (χ2n) is 5.25. The van der Waals surface area contributed by atoms with Crippen LogP contribution in [0, 0.1) is 26.8 Å². The number of carbonyl (C=O) groups is 1. The number of ketones is 1. The van der Waals surface area contributed by atoms with Crippen LogP contribution >= 0.6 is 0 Å². The number of aromatic nitrogens is 1.